The van der Waals surface area contributed by atoms with Crippen molar-refractivity contribution in [1.29, 1.82) is 0 Å². The molecule has 0 aliphatic rings. The van der Waals surface area contributed by atoms with Gasteiger partial charge in [-0.25, -0.2) is 0 Å². The van der Waals surface area contributed by atoms with Crippen molar-refractivity contribution >= 4 is 41.5 Å². The first-order valence-corrected chi connectivity index (χ1v) is 5.25. The summed E-state index contributed by atoms with van der Waals surface area (Å²) in [6.07, 6.45) is 0. The van der Waals surface area contributed by atoms with E-state index in [0.29, 0.717) is 22.2 Å². The van der Waals surface area contributed by atoms with Gasteiger partial charge in [-0.05, 0) is 25.1 Å². The van der Waals surface area contributed by atoms with Crippen molar-refractivity contribution in [3.05, 3.63) is 33.8 Å². The summed E-state index contributed by atoms with van der Waals surface area (Å²) in [7, 11) is 0. The van der Waals surface area contributed by atoms with E-state index in [1.54, 1.807) is 18.2 Å². The van der Waals surface area contributed by atoms with Crippen molar-refractivity contribution in [3.8, 4) is 0 Å². The minimum absolute atomic E-state index is 0. The van der Waals surface area contributed by atoms with Crippen molar-refractivity contribution in [2.75, 3.05) is 6.54 Å². The van der Waals surface area contributed by atoms with E-state index in [9.17, 15) is 4.79 Å². The maximum Gasteiger partial charge on any atom is 0.251 e. The Morgan fingerprint density at radius 1 is 1.38 bits per heavy atom. The summed E-state index contributed by atoms with van der Waals surface area (Å²) in [5.41, 5.74) is 5.83. The monoisotopic (exact) mass is 282 g/mol. The zero-order valence-electron chi connectivity index (χ0n) is 8.67. The van der Waals surface area contributed by atoms with Crippen molar-refractivity contribution in [1.82, 2.24) is 5.32 Å². The van der Waals surface area contributed by atoms with Gasteiger partial charge in [-0.2, -0.15) is 0 Å². The van der Waals surface area contributed by atoms with Gasteiger partial charge in [-0.3, -0.25) is 4.79 Å². The van der Waals surface area contributed by atoms with Crippen LogP contribution in [0.3, 0.4) is 0 Å². The van der Waals surface area contributed by atoms with Crippen LogP contribution in [0.15, 0.2) is 18.2 Å². The second kappa shape index (κ2) is 6.97. The highest BCUT2D eigenvalue weighted by Crippen LogP contribution is 2.18. The van der Waals surface area contributed by atoms with Crippen LogP contribution in [0.25, 0.3) is 0 Å². The van der Waals surface area contributed by atoms with Crippen LogP contribution in [0.4, 0.5) is 0 Å². The van der Waals surface area contributed by atoms with Crippen LogP contribution in [0.2, 0.25) is 10.0 Å². The van der Waals surface area contributed by atoms with E-state index in [0.717, 1.165) is 0 Å². The zero-order chi connectivity index (χ0) is 11.4. The molecule has 0 saturated heterocycles. The van der Waals surface area contributed by atoms with Gasteiger partial charge in [0.05, 0.1) is 0 Å². The fraction of sp³-hybridized carbons (Fsp3) is 0.300. The Labute approximate surface area is 111 Å². The predicted octanol–water partition coefficient (Wildman–Crippen LogP) is 2.49. The Kier molecular flexibility index (Phi) is 6.76. The van der Waals surface area contributed by atoms with Crippen LogP contribution >= 0.6 is 35.6 Å². The molecule has 1 rings (SSSR count). The van der Waals surface area contributed by atoms with Crippen LogP contribution in [-0.2, 0) is 0 Å². The molecule has 3 nitrogen and oxygen atoms in total. The largest absolute Gasteiger partial charge is 0.348 e. The van der Waals surface area contributed by atoms with Crippen molar-refractivity contribution < 1.29 is 4.79 Å². The zero-order valence-corrected chi connectivity index (χ0v) is 11.0. The highest BCUT2D eigenvalue weighted by atomic mass is 35.5. The van der Waals surface area contributed by atoms with Gasteiger partial charge in [0.2, 0.25) is 0 Å². The van der Waals surface area contributed by atoms with Gasteiger partial charge < -0.3 is 11.1 Å². The maximum absolute atomic E-state index is 11.6. The molecular formula is C10H13Cl3N2O. The van der Waals surface area contributed by atoms with Crippen LogP contribution in [0.5, 0.6) is 0 Å². The van der Waals surface area contributed by atoms with Gasteiger partial charge in [-0.15, -0.1) is 12.4 Å². The van der Waals surface area contributed by atoms with E-state index in [2.05, 4.69) is 5.32 Å². The van der Waals surface area contributed by atoms with E-state index in [4.69, 9.17) is 28.9 Å². The molecule has 0 heterocycles. The molecule has 0 aliphatic heterocycles. The molecule has 1 aromatic carbocycles. The normalized spacial score (nSPS) is 11.5. The number of amides is 1. The fourth-order valence-electron chi connectivity index (χ4n) is 1.05. The number of nitrogens with two attached hydrogens (primary N) is 1. The smallest absolute Gasteiger partial charge is 0.251 e. The minimum Gasteiger partial charge on any atom is -0.348 e. The average molecular weight is 284 g/mol. The molecule has 0 radical (unpaired) electrons. The van der Waals surface area contributed by atoms with Crippen molar-refractivity contribution in [3.63, 3.8) is 0 Å². The van der Waals surface area contributed by atoms with Gasteiger partial charge in [0.15, 0.2) is 0 Å². The lowest BCUT2D eigenvalue weighted by Gasteiger charge is -2.11. The summed E-state index contributed by atoms with van der Waals surface area (Å²) >= 11 is 11.6. The molecular weight excluding hydrogens is 270 g/mol. The molecule has 0 aromatic heterocycles. The first kappa shape index (κ1) is 15.5. The summed E-state index contributed by atoms with van der Waals surface area (Å²) in [5, 5.41) is 3.60. The van der Waals surface area contributed by atoms with E-state index in [1.807, 2.05) is 6.92 Å². The summed E-state index contributed by atoms with van der Waals surface area (Å²) in [6, 6.07) is 4.62. The number of carbonyl (C=O) groups excluding carboxylic acids is 1. The van der Waals surface area contributed by atoms with Crippen LogP contribution < -0.4 is 11.1 Å². The number of hydrogen-bond acceptors (Lipinski definition) is 2. The average Bonchev–Trinajstić information content (AvgIpc) is 2.16. The number of benzene rings is 1. The maximum atomic E-state index is 11.6. The number of rotatable bonds is 3. The highest BCUT2D eigenvalue weighted by Gasteiger charge is 2.09. The summed E-state index contributed by atoms with van der Waals surface area (Å²) in [5.74, 6) is -0.225. The fourth-order valence-corrected chi connectivity index (χ4v) is 1.58. The molecule has 1 atom stereocenters. The van der Waals surface area contributed by atoms with E-state index < -0.39 is 0 Å². The Hall–Kier alpha value is -0.480. The van der Waals surface area contributed by atoms with Gasteiger partial charge in [0.25, 0.3) is 5.91 Å². The third-order valence-electron chi connectivity index (χ3n) is 1.86. The number of halogens is 3. The lowest BCUT2D eigenvalue weighted by Crippen LogP contribution is -2.37. The molecule has 1 aromatic rings. The van der Waals surface area contributed by atoms with Crippen molar-refractivity contribution in [2.24, 2.45) is 5.73 Å². The molecule has 0 saturated carbocycles. The third-order valence-corrected chi connectivity index (χ3v) is 2.29. The molecule has 0 fully saturated rings. The first-order valence-electron chi connectivity index (χ1n) is 4.50. The molecule has 0 unspecified atom stereocenters. The second-order valence-electron chi connectivity index (χ2n) is 3.27. The van der Waals surface area contributed by atoms with Gasteiger partial charge >= 0.3 is 0 Å². The Balaban J connectivity index is 0.00000225. The number of carbonyl (C=O) groups is 1. The van der Waals surface area contributed by atoms with Crippen LogP contribution in [-0.4, -0.2) is 18.5 Å². The molecule has 6 heteroatoms. The number of hydrogen-bond donors (Lipinski definition) is 2. The SMILES string of the molecule is C[C@H](CN)NC(=O)c1cc(Cl)cc(Cl)c1.Cl. The molecule has 0 aliphatic carbocycles. The van der Waals surface area contributed by atoms with Crippen LogP contribution in [0, 0.1) is 0 Å². The standard InChI is InChI=1S/C10H12Cl2N2O.ClH/c1-6(5-13)14-10(15)7-2-8(11)4-9(12)3-7;/h2-4,6H,5,13H2,1H3,(H,14,15);1H/t6-;/m1./s1. The lowest BCUT2D eigenvalue weighted by molar-refractivity contribution is 0.0941. The summed E-state index contributed by atoms with van der Waals surface area (Å²) in [4.78, 5) is 11.6. The molecule has 16 heavy (non-hydrogen) atoms. The van der Waals surface area contributed by atoms with Gasteiger partial charge in [-0.1, -0.05) is 23.2 Å². The molecule has 1 amide bonds. The molecule has 90 valence electrons. The Bertz CT molecular complexity index is 351. The van der Waals surface area contributed by atoms with Gasteiger partial charge in [0.1, 0.15) is 0 Å². The van der Waals surface area contributed by atoms with Gasteiger partial charge in [0, 0.05) is 28.2 Å². The summed E-state index contributed by atoms with van der Waals surface area (Å²) < 4.78 is 0. The molecule has 3 N–H and O–H groups in total. The summed E-state index contributed by atoms with van der Waals surface area (Å²) in [6.45, 7) is 2.21. The molecule has 0 spiro atoms. The van der Waals surface area contributed by atoms with Crippen LogP contribution in [0.1, 0.15) is 17.3 Å². The second-order valence-corrected chi connectivity index (χ2v) is 4.14. The van der Waals surface area contributed by atoms with E-state index in [1.165, 1.54) is 0 Å². The quantitative estimate of drug-likeness (QED) is 0.895. The van der Waals surface area contributed by atoms with E-state index >= 15 is 0 Å². The predicted molar refractivity (Wildman–Crippen MR) is 69.7 cm³/mol. The Morgan fingerprint density at radius 3 is 2.31 bits per heavy atom. The topological polar surface area (TPSA) is 55.1 Å². The minimum atomic E-state index is -0.225. The van der Waals surface area contributed by atoms with Crippen molar-refractivity contribution in [2.45, 2.75) is 13.0 Å². The van der Waals surface area contributed by atoms with E-state index in [-0.39, 0.29) is 24.4 Å². The number of nitrogens with one attached hydrogen (secondary N) is 1. The third kappa shape index (κ3) is 4.58. The highest BCUT2D eigenvalue weighted by molar-refractivity contribution is 6.35. The lowest BCUT2D eigenvalue weighted by atomic mass is 10.2. The Morgan fingerprint density at radius 2 is 1.88 bits per heavy atom. The first-order chi connectivity index (χ1) is 7.02. The molecule has 0 bridgehead atoms.